The molecule has 18 heavy (non-hydrogen) atoms. The van der Waals surface area contributed by atoms with Crippen molar-refractivity contribution in [2.24, 2.45) is 0 Å². The maximum Gasteiger partial charge on any atom is 0.0391 e. The van der Waals surface area contributed by atoms with Gasteiger partial charge in [-0.2, -0.15) is 0 Å². The maximum absolute atomic E-state index is 3.67. The average Bonchev–Trinajstić information content (AvgIpc) is 2.81. The van der Waals surface area contributed by atoms with Crippen molar-refractivity contribution in [1.82, 2.24) is 5.32 Å². The first-order chi connectivity index (χ1) is 8.58. The minimum absolute atomic E-state index is 0.377. The van der Waals surface area contributed by atoms with Gasteiger partial charge < -0.3 is 5.32 Å². The van der Waals surface area contributed by atoms with Gasteiger partial charge in [-0.05, 0) is 50.3 Å². The van der Waals surface area contributed by atoms with Crippen molar-refractivity contribution in [2.75, 3.05) is 0 Å². The molecule has 96 valence electrons. The summed E-state index contributed by atoms with van der Waals surface area (Å²) in [5.41, 5.74) is 4.09. The van der Waals surface area contributed by atoms with Crippen LogP contribution in [0.4, 0.5) is 0 Å². The van der Waals surface area contributed by atoms with E-state index in [2.05, 4.69) is 68.7 Å². The van der Waals surface area contributed by atoms with E-state index in [1.807, 2.05) is 11.3 Å². The lowest BCUT2D eigenvalue weighted by Gasteiger charge is -2.21. The van der Waals surface area contributed by atoms with Crippen molar-refractivity contribution < 1.29 is 0 Å². The van der Waals surface area contributed by atoms with E-state index in [1.54, 1.807) is 0 Å². The van der Waals surface area contributed by atoms with E-state index < -0.39 is 0 Å². The standard InChI is InChI=1S/C16H21NS/c1-11-7-8-15(12(2)10-11)13(3)17-14(4)16-6-5-9-18-16/h5-10,13-14,17H,1-4H3/t13?,14-/m1/s1. The Labute approximate surface area is 114 Å². The normalized spacial score (nSPS) is 14.4. The number of thiophene rings is 1. The first-order valence-electron chi connectivity index (χ1n) is 6.44. The Balaban J connectivity index is 2.10. The Morgan fingerprint density at radius 3 is 2.44 bits per heavy atom. The fraction of sp³-hybridized carbons (Fsp3) is 0.375. The molecule has 0 radical (unpaired) electrons. The summed E-state index contributed by atoms with van der Waals surface area (Å²) in [5.74, 6) is 0. The molecule has 2 rings (SSSR count). The number of aryl methyl sites for hydroxylation is 2. The van der Waals surface area contributed by atoms with Gasteiger partial charge in [0.2, 0.25) is 0 Å². The second-order valence-corrected chi connectivity index (χ2v) is 5.96. The number of hydrogen-bond acceptors (Lipinski definition) is 2. The third-order valence-electron chi connectivity index (χ3n) is 3.36. The van der Waals surface area contributed by atoms with Gasteiger partial charge in [-0.3, -0.25) is 0 Å². The van der Waals surface area contributed by atoms with Crippen LogP contribution in [0.25, 0.3) is 0 Å². The van der Waals surface area contributed by atoms with E-state index in [0.717, 1.165) is 0 Å². The number of nitrogens with one attached hydrogen (secondary N) is 1. The quantitative estimate of drug-likeness (QED) is 0.833. The lowest BCUT2D eigenvalue weighted by Crippen LogP contribution is -2.22. The molecule has 0 spiro atoms. The molecule has 0 aliphatic heterocycles. The van der Waals surface area contributed by atoms with Crippen LogP contribution < -0.4 is 5.32 Å². The molecule has 1 N–H and O–H groups in total. The van der Waals surface area contributed by atoms with Crippen molar-refractivity contribution in [3.8, 4) is 0 Å². The highest BCUT2D eigenvalue weighted by Gasteiger charge is 2.13. The molecular weight excluding hydrogens is 238 g/mol. The fourth-order valence-corrected chi connectivity index (χ4v) is 3.14. The largest absolute Gasteiger partial charge is 0.303 e. The van der Waals surface area contributed by atoms with E-state index in [4.69, 9.17) is 0 Å². The van der Waals surface area contributed by atoms with Crippen molar-refractivity contribution >= 4 is 11.3 Å². The molecule has 2 heteroatoms. The third-order valence-corrected chi connectivity index (χ3v) is 4.42. The van der Waals surface area contributed by atoms with Gasteiger partial charge in [-0.25, -0.2) is 0 Å². The average molecular weight is 259 g/mol. The SMILES string of the molecule is Cc1ccc(C(C)N[C@H](C)c2cccs2)c(C)c1. The van der Waals surface area contributed by atoms with Crippen LogP contribution in [0.5, 0.6) is 0 Å². The van der Waals surface area contributed by atoms with Gasteiger partial charge >= 0.3 is 0 Å². The highest BCUT2D eigenvalue weighted by atomic mass is 32.1. The van der Waals surface area contributed by atoms with Crippen LogP contribution in [0.2, 0.25) is 0 Å². The first kappa shape index (κ1) is 13.3. The Kier molecular flexibility index (Phi) is 4.20. The predicted octanol–water partition coefficient (Wildman–Crippen LogP) is 4.78. The Hall–Kier alpha value is -1.12. The first-order valence-corrected chi connectivity index (χ1v) is 7.32. The summed E-state index contributed by atoms with van der Waals surface area (Å²) >= 11 is 1.81. The maximum atomic E-state index is 3.67. The molecule has 0 aliphatic carbocycles. The summed E-state index contributed by atoms with van der Waals surface area (Å²) in [6.07, 6.45) is 0. The summed E-state index contributed by atoms with van der Waals surface area (Å²) in [6.45, 7) is 8.80. The van der Waals surface area contributed by atoms with Crippen molar-refractivity contribution in [2.45, 2.75) is 39.8 Å². The molecule has 0 saturated heterocycles. The molecule has 1 heterocycles. The van der Waals surface area contributed by atoms with E-state index >= 15 is 0 Å². The van der Waals surface area contributed by atoms with Crippen LogP contribution >= 0.6 is 11.3 Å². The van der Waals surface area contributed by atoms with E-state index in [-0.39, 0.29) is 0 Å². The summed E-state index contributed by atoms with van der Waals surface area (Å²) in [7, 11) is 0. The van der Waals surface area contributed by atoms with Gasteiger partial charge in [0, 0.05) is 17.0 Å². The summed E-state index contributed by atoms with van der Waals surface area (Å²) < 4.78 is 0. The van der Waals surface area contributed by atoms with Crippen LogP contribution in [0.15, 0.2) is 35.7 Å². The summed E-state index contributed by atoms with van der Waals surface area (Å²) in [4.78, 5) is 1.40. The van der Waals surface area contributed by atoms with Crippen LogP contribution in [0.1, 0.15) is 47.5 Å². The van der Waals surface area contributed by atoms with Gasteiger partial charge in [0.25, 0.3) is 0 Å². The minimum Gasteiger partial charge on any atom is -0.303 e. The second kappa shape index (κ2) is 5.68. The lowest BCUT2D eigenvalue weighted by atomic mass is 9.99. The Bertz CT molecular complexity index is 502. The van der Waals surface area contributed by atoms with Crippen molar-refractivity contribution in [3.63, 3.8) is 0 Å². The molecule has 0 saturated carbocycles. The Morgan fingerprint density at radius 1 is 1.06 bits per heavy atom. The van der Waals surface area contributed by atoms with Gasteiger partial charge in [-0.1, -0.05) is 29.8 Å². The molecule has 1 nitrogen and oxygen atoms in total. The van der Waals surface area contributed by atoms with Crippen LogP contribution in [0.3, 0.4) is 0 Å². The zero-order valence-corrected chi connectivity index (χ0v) is 12.3. The highest BCUT2D eigenvalue weighted by molar-refractivity contribution is 7.10. The minimum atomic E-state index is 0.377. The number of benzene rings is 1. The fourth-order valence-electron chi connectivity index (χ4n) is 2.40. The van der Waals surface area contributed by atoms with Gasteiger partial charge in [0.05, 0.1) is 0 Å². The zero-order chi connectivity index (χ0) is 13.1. The molecule has 0 bridgehead atoms. The van der Waals surface area contributed by atoms with Gasteiger partial charge in [-0.15, -0.1) is 11.3 Å². The zero-order valence-electron chi connectivity index (χ0n) is 11.5. The molecule has 0 fully saturated rings. The molecule has 0 aliphatic rings. The molecule has 1 unspecified atom stereocenters. The predicted molar refractivity (Wildman–Crippen MR) is 80.2 cm³/mol. The molecular formula is C16H21NS. The van der Waals surface area contributed by atoms with E-state index in [9.17, 15) is 0 Å². The summed E-state index contributed by atoms with van der Waals surface area (Å²) in [5, 5.41) is 5.80. The Morgan fingerprint density at radius 2 is 1.83 bits per heavy atom. The summed E-state index contributed by atoms with van der Waals surface area (Å²) in [6, 6.07) is 11.8. The highest BCUT2D eigenvalue weighted by Crippen LogP contribution is 2.24. The molecule has 2 aromatic rings. The number of hydrogen-bond donors (Lipinski definition) is 1. The topological polar surface area (TPSA) is 12.0 Å². The monoisotopic (exact) mass is 259 g/mol. The van der Waals surface area contributed by atoms with Crippen LogP contribution in [0, 0.1) is 13.8 Å². The molecule has 1 aromatic carbocycles. The molecule has 1 aromatic heterocycles. The van der Waals surface area contributed by atoms with Crippen molar-refractivity contribution in [1.29, 1.82) is 0 Å². The second-order valence-electron chi connectivity index (χ2n) is 4.99. The van der Waals surface area contributed by atoms with E-state index in [0.29, 0.717) is 12.1 Å². The number of rotatable bonds is 4. The van der Waals surface area contributed by atoms with Crippen molar-refractivity contribution in [3.05, 3.63) is 57.3 Å². The van der Waals surface area contributed by atoms with Gasteiger partial charge in [0.1, 0.15) is 0 Å². The van der Waals surface area contributed by atoms with Crippen LogP contribution in [-0.4, -0.2) is 0 Å². The third kappa shape index (κ3) is 3.01. The smallest absolute Gasteiger partial charge is 0.0391 e. The van der Waals surface area contributed by atoms with Gasteiger partial charge in [0.15, 0.2) is 0 Å². The lowest BCUT2D eigenvalue weighted by molar-refractivity contribution is 0.498. The van der Waals surface area contributed by atoms with E-state index in [1.165, 1.54) is 21.6 Å². The molecule has 2 atom stereocenters. The van der Waals surface area contributed by atoms with Crippen LogP contribution in [-0.2, 0) is 0 Å². The molecule has 0 amide bonds.